The number of carbonyl (C=O) groups excluding carboxylic acids is 6. The van der Waals surface area contributed by atoms with Gasteiger partial charge in [-0.1, -0.05) is 6.07 Å². The fourth-order valence-corrected chi connectivity index (χ4v) is 2.23. The largest absolute Gasteiger partial charge is 0.493 e. The second-order valence-corrected chi connectivity index (χ2v) is 5.51. The molecule has 3 rings (SSSR count). The van der Waals surface area contributed by atoms with Gasteiger partial charge in [-0.25, -0.2) is 9.59 Å². The highest BCUT2D eigenvalue weighted by Crippen LogP contribution is 2.28. The highest BCUT2D eigenvalue weighted by Gasteiger charge is 2.27. The Morgan fingerprint density at radius 2 is 1.28 bits per heavy atom. The number of carbonyl (C=O) groups is 6. The Hall–Kier alpha value is -4.22. The fraction of sp³-hybridized carbons (Fsp3) is 0.176. The van der Waals surface area contributed by atoms with E-state index < -0.39 is 35.7 Å². The molecule has 8 amide bonds. The predicted octanol–water partition coefficient (Wildman–Crippen LogP) is -0.804. The minimum atomic E-state index is -0.829. The smallest absolute Gasteiger partial charge is 0.328 e. The minimum Gasteiger partial charge on any atom is -0.493 e. The van der Waals surface area contributed by atoms with Gasteiger partial charge in [-0.2, -0.15) is 0 Å². The average Bonchev–Trinajstić information content (AvgIpc) is 2.63. The zero-order chi connectivity index (χ0) is 21.6. The van der Waals surface area contributed by atoms with Crippen LogP contribution in [0, 0.1) is 0 Å². The monoisotopic (exact) mass is 404 g/mol. The van der Waals surface area contributed by atoms with Crippen molar-refractivity contribution >= 4 is 41.8 Å². The van der Waals surface area contributed by atoms with Gasteiger partial charge in [0.1, 0.15) is 12.0 Å². The highest BCUT2D eigenvalue weighted by atomic mass is 16.5. The molecule has 152 valence electrons. The molecule has 0 bridgehead atoms. The SMILES string of the molecule is COc1ccc(C=C2C(=O)NC(=O)NC2=O)cc1OC.O=C1CC(=O)NC(=O)N1. The molecule has 0 radical (unpaired) electrons. The van der Waals surface area contributed by atoms with Crippen LogP contribution >= 0.6 is 0 Å². The second kappa shape index (κ2) is 9.12. The number of ether oxygens (including phenoxy) is 2. The molecule has 4 N–H and O–H groups in total. The molecule has 2 fully saturated rings. The number of amides is 8. The Kier molecular flexibility index (Phi) is 6.63. The lowest BCUT2D eigenvalue weighted by atomic mass is 10.1. The normalized spacial score (nSPS) is 15.9. The summed E-state index contributed by atoms with van der Waals surface area (Å²) < 4.78 is 10.2. The first-order valence-electron chi connectivity index (χ1n) is 7.97. The third-order valence-electron chi connectivity index (χ3n) is 3.49. The van der Waals surface area contributed by atoms with Gasteiger partial charge in [-0.15, -0.1) is 0 Å². The zero-order valence-electron chi connectivity index (χ0n) is 15.3. The van der Waals surface area contributed by atoms with Crippen LogP contribution in [0.1, 0.15) is 12.0 Å². The predicted molar refractivity (Wildman–Crippen MR) is 95.5 cm³/mol. The molecule has 2 saturated heterocycles. The first-order chi connectivity index (χ1) is 13.7. The summed E-state index contributed by atoms with van der Waals surface area (Å²) in [6.45, 7) is 0. The minimum absolute atomic E-state index is 0.156. The fourth-order valence-electron chi connectivity index (χ4n) is 2.23. The van der Waals surface area contributed by atoms with Crippen molar-refractivity contribution in [1.82, 2.24) is 21.3 Å². The molecule has 0 saturated carbocycles. The van der Waals surface area contributed by atoms with E-state index in [9.17, 15) is 28.8 Å². The molecule has 29 heavy (non-hydrogen) atoms. The maximum Gasteiger partial charge on any atom is 0.328 e. The summed E-state index contributed by atoms with van der Waals surface area (Å²) in [5, 5.41) is 7.79. The van der Waals surface area contributed by atoms with E-state index in [1.165, 1.54) is 20.3 Å². The third-order valence-corrected chi connectivity index (χ3v) is 3.49. The molecule has 0 atom stereocenters. The Bertz CT molecular complexity index is 870. The van der Waals surface area contributed by atoms with E-state index in [-0.39, 0.29) is 12.0 Å². The van der Waals surface area contributed by atoms with Crippen molar-refractivity contribution in [3.8, 4) is 11.5 Å². The average molecular weight is 404 g/mol. The van der Waals surface area contributed by atoms with Crippen LogP contribution in [-0.4, -0.2) is 49.9 Å². The quantitative estimate of drug-likeness (QED) is 0.288. The lowest BCUT2D eigenvalue weighted by molar-refractivity contribution is -0.130. The summed E-state index contributed by atoms with van der Waals surface area (Å²) in [5.74, 6) is -1.59. The number of barbiturate groups is 2. The van der Waals surface area contributed by atoms with Gasteiger partial charge in [0, 0.05) is 0 Å². The molecule has 0 spiro atoms. The molecule has 1 aromatic carbocycles. The van der Waals surface area contributed by atoms with Gasteiger partial charge in [-0.05, 0) is 23.8 Å². The molecular formula is C17H16N4O8. The molecule has 0 aromatic heterocycles. The van der Waals surface area contributed by atoms with E-state index in [1.54, 1.807) is 18.2 Å². The van der Waals surface area contributed by atoms with Crippen molar-refractivity contribution in [2.75, 3.05) is 14.2 Å². The maximum absolute atomic E-state index is 11.6. The number of imide groups is 4. The number of benzene rings is 1. The number of urea groups is 2. The summed E-state index contributed by atoms with van der Waals surface area (Å²) in [6.07, 6.45) is 1.10. The number of hydrogen-bond donors (Lipinski definition) is 4. The van der Waals surface area contributed by atoms with Crippen LogP contribution in [0.3, 0.4) is 0 Å². The first kappa shape index (κ1) is 21.1. The van der Waals surface area contributed by atoms with Gasteiger partial charge < -0.3 is 9.47 Å². The van der Waals surface area contributed by atoms with E-state index in [4.69, 9.17) is 9.47 Å². The van der Waals surface area contributed by atoms with E-state index in [0.717, 1.165) is 0 Å². The molecule has 1 aromatic rings. The van der Waals surface area contributed by atoms with Crippen LogP contribution in [0.5, 0.6) is 11.5 Å². The van der Waals surface area contributed by atoms with Crippen LogP contribution in [0.15, 0.2) is 23.8 Å². The molecule has 12 heteroatoms. The molecule has 0 unspecified atom stereocenters. The van der Waals surface area contributed by atoms with E-state index >= 15 is 0 Å². The zero-order valence-corrected chi connectivity index (χ0v) is 15.3. The van der Waals surface area contributed by atoms with Crippen molar-refractivity contribution in [2.45, 2.75) is 6.42 Å². The number of hydrogen-bond acceptors (Lipinski definition) is 8. The third kappa shape index (κ3) is 5.63. The summed E-state index contributed by atoms with van der Waals surface area (Å²) in [6, 6.07) is 3.35. The van der Waals surface area contributed by atoms with Crippen molar-refractivity contribution in [3.05, 3.63) is 29.3 Å². The first-order valence-corrected chi connectivity index (χ1v) is 7.97. The summed E-state index contributed by atoms with van der Waals surface area (Å²) in [7, 11) is 2.98. The van der Waals surface area contributed by atoms with Gasteiger partial charge in [-0.3, -0.25) is 40.4 Å². The van der Waals surface area contributed by atoms with Crippen molar-refractivity contribution < 1.29 is 38.2 Å². The summed E-state index contributed by atoms with van der Waals surface area (Å²) in [5.41, 5.74) is 0.411. The van der Waals surface area contributed by atoms with Gasteiger partial charge in [0.15, 0.2) is 11.5 Å². The van der Waals surface area contributed by atoms with Crippen LogP contribution in [0.4, 0.5) is 9.59 Å². The van der Waals surface area contributed by atoms with Crippen LogP contribution in [-0.2, 0) is 19.2 Å². The van der Waals surface area contributed by atoms with E-state index in [0.29, 0.717) is 17.1 Å². The molecule has 0 aliphatic carbocycles. The Labute approximate surface area is 163 Å². The molecule has 12 nitrogen and oxygen atoms in total. The van der Waals surface area contributed by atoms with Crippen molar-refractivity contribution in [2.24, 2.45) is 0 Å². The van der Waals surface area contributed by atoms with Crippen LogP contribution in [0.2, 0.25) is 0 Å². The topological polar surface area (TPSA) is 169 Å². The molecule has 2 aliphatic heterocycles. The lowest BCUT2D eigenvalue weighted by Crippen LogP contribution is -2.51. The molecule has 2 heterocycles. The van der Waals surface area contributed by atoms with Crippen molar-refractivity contribution in [1.29, 1.82) is 0 Å². The summed E-state index contributed by atoms with van der Waals surface area (Å²) >= 11 is 0. The maximum atomic E-state index is 11.6. The summed E-state index contributed by atoms with van der Waals surface area (Å²) in [4.78, 5) is 64.9. The Morgan fingerprint density at radius 3 is 1.76 bits per heavy atom. The van der Waals surface area contributed by atoms with Gasteiger partial charge in [0.05, 0.1) is 14.2 Å². The van der Waals surface area contributed by atoms with E-state index in [2.05, 4.69) is 0 Å². The highest BCUT2D eigenvalue weighted by molar-refractivity contribution is 6.31. The Balaban J connectivity index is 0.000000278. The van der Waals surface area contributed by atoms with Gasteiger partial charge in [0.2, 0.25) is 11.8 Å². The number of rotatable bonds is 3. The second-order valence-electron chi connectivity index (χ2n) is 5.51. The van der Waals surface area contributed by atoms with Gasteiger partial charge >= 0.3 is 12.1 Å². The van der Waals surface area contributed by atoms with Crippen LogP contribution < -0.4 is 30.7 Å². The number of methoxy groups -OCH3 is 2. The molecular weight excluding hydrogens is 388 g/mol. The van der Waals surface area contributed by atoms with E-state index in [1.807, 2.05) is 21.3 Å². The number of nitrogens with one attached hydrogen (secondary N) is 4. The lowest BCUT2D eigenvalue weighted by Gasteiger charge is -2.14. The van der Waals surface area contributed by atoms with Crippen LogP contribution in [0.25, 0.3) is 6.08 Å². The van der Waals surface area contributed by atoms with Gasteiger partial charge in [0.25, 0.3) is 11.8 Å². The standard InChI is InChI=1S/C13H12N2O5.C4H4N2O3/c1-19-9-4-3-7(6-10(9)20-2)5-8-11(16)14-13(18)15-12(8)17;7-2-1-3(8)6-4(9)5-2/h3-6H,1-2H3,(H2,14,15,16,17,18);1H2,(H2,5,6,7,8,9). The molecule has 2 aliphatic rings. The Morgan fingerprint density at radius 1 is 0.759 bits per heavy atom. The van der Waals surface area contributed by atoms with Crippen molar-refractivity contribution in [3.63, 3.8) is 0 Å².